The Bertz CT molecular complexity index is 179. The average molecular weight is 173 g/mol. The topological polar surface area (TPSA) is 47.6 Å². The van der Waals surface area contributed by atoms with Crippen LogP contribution >= 0.6 is 0 Å². The second-order valence-corrected chi connectivity index (χ2v) is 3.36. The first-order chi connectivity index (χ1) is 5.58. The predicted molar refractivity (Wildman–Crippen MR) is 43.8 cm³/mol. The molecule has 4 heteroatoms. The molecule has 4 nitrogen and oxygen atoms in total. The molecule has 1 unspecified atom stereocenters. The lowest BCUT2D eigenvalue weighted by Crippen LogP contribution is -2.58. The normalized spacial score (nSPS) is 28.1. The lowest BCUT2D eigenvalue weighted by molar-refractivity contribution is -0.157. The van der Waals surface area contributed by atoms with E-state index in [0.717, 1.165) is 0 Å². The summed E-state index contributed by atoms with van der Waals surface area (Å²) < 4.78 is 10.1. The molecule has 0 aliphatic carbocycles. The summed E-state index contributed by atoms with van der Waals surface area (Å²) in [4.78, 5) is 11.2. The number of carbonyl (C=O) groups excluding carboxylic acids is 1. The van der Waals surface area contributed by atoms with Crippen LogP contribution in [0, 0.1) is 0 Å². The Morgan fingerprint density at radius 2 is 2.33 bits per heavy atom. The highest BCUT2D eigenvalue weighted by atomic mass is 16.5. The van der Waals surface area contributed by atoms with E-state index in [2.05, 4.69) is 10.1 Å². The fraction of sp³-hybridized carbons (Fsp3) is 0.875. The van der Waals surface area contributed by atoms with Crippen LogP contribution in [0.25, 0.3) is 0 Å². The van der Waals surface area contributed by atoms with Crippen LogP contribution in [0.2, 0.25) is 0 Å². The Morgan fingerprint density at radius 1 is 1.67 bits per heavy atom. The first-order valence-corrected chi connectivity index (χ1v) is 4.03. The molecular formula is C8H15NO3. The minimum atomic E-state index is -0.467. The Morgan fingerprint density at radius 3 is 2.83 bits per heavy atom. The number of carbonyl (C=O) groups is 1. The summed E-state index contributed by atoms with van der Waals surface area (Å²) in [6.07, 6.45) is 0. The van der Waals surface area contributed by atoms with Crippen molar-refractivity contribution in [2.75, 3.05) is 20.3 Å². The van der Waals surface area contributed by atoms with Crippen molar-refractivity contribution in [3.05, 3.63) is 0 Å². The number of ether oxygens (including phenoxy) is 2. The molecule has 0 spiro atoms. The van der Waals surface area contributed by atoms with Gasteiger partial charge < -0.3 is 9.47 Å². The number of hydrogen-bond acceptors (Lipinski definition) is 4. The van der Waals surface area contributed by atoms with E-state index in [0.29, 0.717) is 13.2 Å². The zero-order valence-electron chi connectivity index (χ0n) is 7.72. The third-order valence-electron chi connectivity index (χ3n) is 2.06. The van der Waals surface area contributed by atoms with Gasteiger partial charge in [0.1, 0.15) is 6.04 Å². The van der Waals surface area contributed by atoms with Crippen LogP contribution in [0.3, 0.4) is 0 Å². The van der Waals surface area contributed by atoms with Gasteiger partial charge in [-0.15, -0.1) is 0 Å². The molecule has 70 valence electrons. The monoisotopic (exact) mass is 173 g/mol. The molecule has 1 atom stereocenters. The summed E-state index contributed by atoms with van der Waals surface area (Å²) in [7, 11) is 1.38. The van der Waals surface area contributed by atoms with Crippen molar-refractivity contribution in [2.24, 2.45) is 0 Å². The van der Waals surface area contributed by atoms with Crippen LogP contribution in [0.5, 0.6) is 0 Å². The SMILES string of the molecule is COC(=O)C1NCCOC1(C)C. The van der Waals surface area contributed by atoms with E-state index in [-0.39, 0.29) is 12.0 Å². The molecule has 1 aliphatic heterocycles. The van der Waals surface area contributed by atoms with Gasteiger partial charge in [0, 0.05) is 6.54 Å². The molecule has 0 aromatic rings. The van der Waals surface area contributed by atoms with Gasteiger partial charge in [0.05, 0.1) is 19.3 Å². The highest BCUT2D eigenvalue weighted by Gasteiger charge is 2.39. The molecular weight excluding hydrogens is 158 g/mol. The summed E-state index contributed by atoms with van der Waals surface area (Å²) in [5, 5.41) is 3.06. The summed E-state index contributed by atoms with van der Waals surface area (Å²) in [6, 6.07) is -0.351. The molecule has 1 fully saturated rings. The van der Waals surface area contributed by atoms with Crippen molar-refractivity contribution in [3.8, 4) is 0 Å². The number of nitrogens with one attached hydrogen (secondary N) is 1. The third-order valence-corrected chi connectivity index (χ3v) is 2.06. The second kappa shape index (κ2) is 3.41. The lowest BCUT2D eigenvalue weighted by atomic mass is 9.97. The van der Waals surface area contributed by atoms with Gasteiger partial charge >= 0.3 is 5.97 Å². The zero-order chi connectivity index (χ0) is 9.19. The van der Waals surface area contributed by atoms with E-state index in [1.807, 2.05) is 13.8 Å². The van der Waals surface area contributed by atoms with Crippen molar-refractivity contribution >= 4 is 5.97 Å². The van der Waals surface area contributed by atoms with Crippen molar-refractivity contribution in [3.63, 3.8) is 0 Å². The van der Waals surface area contributed by atoms with Crippen LogP contribution in [0.1, 0.15) is 13.8 Å². The van der Waals surface area contributed by atoms with Gasteiger partial charge in [-0.25, -0.2) is 0 Å². The molecule has 1 saturated heterocycles. The van der Waals surface area contributed by atoms with Crippen LogP contribution in [-0.4, -0.2) is 37.9 Å². The molecule has 0 saturated carbocycles. The maximum Gasteiger partial charge on any atom is 0.325 e. The minimum Gasteiger partial charge on any atom is -0.468 e. The standard InChI is InChI=1S/C8H15NO3/c1-8(2)6(7(10)11-3)9-4-5-12-8/h6,9H,4-5H2,1-3H3. The Labute approximate surface area is 72.2 Å². The highest BCUT2D eigenvalue weighted by Crippen LogP contribution is 2.18. The van der Waals surface area contributed by atoms with Crippen LogP contribution < -0.4 is 5.32 Å². The van der Waals surface area contributed by atoms with Crippen LogP contribution in [0.4, 0.5) is 0 Å². The molecule has 0 amide bonds. The summed E-state index contributed by atoms with van der Waals surface area (Å²) in [5.41, 5.74) is -0.467. The fourth-order valence-electron chi connectivity index (χ4n) is 1.33. The van der Waals surface area contributed by atoms with Crippen molar-refractivity contribution in [1.29, 1.82) is 0 Å². The van der Waals surface area contributed by atoms with Crippen LogP contribution in [-0.2, 0) is 14.3 Å². The van der Waals surface area contributed by atoms with Gasteiger partial charge in [0.2, 0.25) is 0 Å². The molecule has 1 aliphatic rings. The summed E-state index contributed by atoms with van der Waals surface area (Å²) >= 11 is 0. The Kier molecular flexibility index (Phi) is 2.69. The van der Waals surface area contributed by atoms with E-state index >= 15 is 0 Å². The number of esters is 1. The fourth-order valence-corrected chi connectivity index (χ4v) is 1.33. The molecule has 0 radical (unpaired) electrons. The lowest BCUT2D eigenvalue weighted by Gasteiger charge is -2.37. The largest absolute Gasteiger partial charge is 0.468 e. The predicted octanol–water partition coefficient (Wildman–Crippen LogP) is -0.0736. The first-order valence-electron chi connectivity index (χ1n) is 4.03. The molecule has 1 heterocycles. The van der Waals surface area contributed by atoms with Gasteiger partial charge in [0.25, 0.3) is 0 Å². The number of rotatable bonds is 1. The molecule has 0 aromatic heterocycles. The van der Waals surface area contributed by atoms with E-state index in [9.17, 15) is 4.79 Å². The van der Waals surface area contributed by atoms with Gasteiger partial charge in [-0.3, -0.25) is 10.1 Å². The van der Waals surface area contributed by atoms with Gasteiger partial charge in [-0.1, -0.05) is 0 Å². The number of methoxy groups -OCH3 is 1. The molecule has 0 bridgehead atoms. The maximum absolute atomic E-state index is 11.2. The maximum atomic E-state index is 11.2. The Hall–Kier alpha value is -0.610. The van der Waals surface area contributed by atoms with Gasteiger partial charge in [-0.2, -0.15) is 0 Å². The number of morpholine rings is 1. The Balaban J connectivity index is 2.66. The third kappa shape index (κ3) is 1.76. The van der Waals surface area contributed by atoms with E-state index in [1.54, 1.807) is 0 Å². The highest BCUT2D eigenvalue weighted by molar-refractivity contribution is 5.77. The average Bonchev–Trinajstić information content (AvgIpc) is 2.02. The van der Waals surface area contributed by atoms with E-state index in [4.69, 9.17) is 4.74 Å². The summed E-state index contributed by atoms with van der Waals surface area (Å²) in [6.45, 7) is 5.09. The van der Waals surface area contributed by atoms with E-state index < -0.39 is 5.60 Å². The van der Waals surface area contributed by atoms with Gasteiger partial charge in [0.15, 0.2) is 0 Å². The van der Waals surface area contributed by atoms with Gasteiger partial charge in [-0.05, 0) is 13.8 Å². The second-order valence-electron chi connectivity index (χ2n) is 3.36. The van der Waals surface area contributed by atoms with Crippen molar-refractivity contribution in [1.82, 2.24) is 5.32 Å². The van der Waals surface area contributed by atoms with Crippen LogP contribution in [0.15, 0.2) is 0 Å². The smallest absolute Gasteiger partial charge is 0.325 e. The quantitative estimate of drug-likeness (QED) is 0.564. The first kappa shape index (κ1) is 9.48. The summed E-state index contributed by atoms with van der Waals surface area (Å²) in [5.74, 6) is -0.264. The zero-order valence-corrected chi connectivity index (χ0v) is 7.72. The van der Waals surface area contributed by atoms with Crippen molar-refractivity contribution in [2.45, 2.75) is 25.5 Å². The minimum absolute atomic E-state index is 0.264. The molecule has 1 N–H and O–H groups in total. The van der Waals surface area contributed by atoms with E-state index in [1.165, 1.54) is 7.11 Å². The molecule has 1 rings (SSSR count). The molecule has 0 aromatic carbocycles. The molecule has 12 heavy (non-hydrogen) atoms. The number of hydrogen-bond donors (Lipinski definition) is 1. The van der Waals surface area contributed by atoms with Crippen molar-refractivity contribution < 1.29 is 14.3 Å².